The third-order valence-corrected chi connectivity index (χ3v) is 6.55. The lowest BCUT2D eigenvalue weighted by Gasteiger charge is -2.41. The summed E-state index contributed by atoms with van der Waals surface area (Å²) in [4.78, 5) is 5.17. The minimum Gasteiger partial charge on any atom is -0.497 e. The van der Waals surface area contributed by atoms with Crippen LogP contribution in [0, 0.1) is 0 Å². The quantitative estimate of drug-likeness (QED) is 0.695. The predicted octanol–water partition coefficient (Wildman–Crippen LogP) is 4.53. The molecule has 1 unspecified atom stereocenters. The molecule has 0 amide bonds. The summed E-state index contributed by atoms with van der Waals surface area (Å²) in [6.07, 6.45) is 1.27. The number of ether oxygens (including phenoxy) is 2. The van der Waals surface area contributed by atoms with Gasteiger partial charge in [-0.1, -0.05) is 12.1 Å². The van der Waals surface area contributed by atoms with E-state index in [0.29, 0.717) is 18.0 Å². The number of benzene rings is 2. The van der Waals surface area contributed by atoms with E-state index in [1.54, 1.807) is 14.2 Å². The van der Waals surface area contributed by atoms with Gasteiger partial charge in [-0.15, -0.1) is 0 Å². The van der Waals surface area contributed by atoms with Gasteiger partial charge in [0, 0.05) is 49.4 Å². The highest BCUT2D eigenvalue weighted by molar-refractivity contribution is 9.10. The highest BCUT2D eigenvalue weighted by Crippen LogP contribution is 2.45. The van der Waals surface area contributed by atoms with Crippen molar-refractivity contribution in [2.24, 2.45) is 0 Å². The van der Waals surface area contributed by atoms with Gasteiger partial charge in [-0.05, 0) is 59.1 Å². The van der Waals surface area contributed by atoms with E-state index >= 15 is 0 Å². The Morgan fingerprint density at radius 1 is 1.00 bits per heavy atom. The summed E-state index contributed by atoms with van der Waals surface area (Å²) in [5.41, 5.74) is 2.68. The molecule has 2 aromatic rings. The number of hydrogen-bond donors (Lipinski definition) is 0. The summed E-state index contributed by atoms with van der Waals surface area (Å²) in [6.45, 7) is 5.60. The lowest BCUT2D eigenvalue weighted by molar-refractivity contribution is 0.216. The van der Waals surface area contributed by atoms with E-state index in [2.05, 4.69) is 75.1 Å². The number of halogens is 1. The van der Waals surface area contributed by atoms with Crippen LogP contribution in [0.3, 0.4) is 0 Å². The van der Waals surface area contributed by atoms with E-state index < -0.39 is 0 Å². The van der Waals surface area contributed by atoms with Crippen LogP contribution in [0.5, 0.6) is 11.5 Å². The Bertz CT molecular complexity index is 795. The van der Waals surface area contributed by atoms with Gasteiger partial charge < -0.3 is 14.4 Å². The fraction of sp³-hybridized carbons (Fsp3) is 0.455. The molecule has 1 aliphatic carbocycles. The number of rotatable bonds is 5. The third-order valence-electron chi connectivity index (χ3n) is 5.89. The van der Waals surface area contributed by atoms with E-state index in [4.69, 9.17) is 9.47 Å². The van der Waals surface area contributed by atoms with Crippen molar-refractivity contribution in [1.29, 1.82) is 0 Å². The second-order valence-electron chi connectivity index (χ2n) is 7.54. The van der Waals surface area contributed by atoms with Crippen LogP contribution < -0.4 is 14.4 Å². The van der Waals surface area contributed by atoms with Crippen LogP contribution in [-0.4, -0.2) is 50.8 Å². The molecule has 27 heavy (non-hydrogen) atoms. The summed E-state index contributed by atoms with van der Waals surface area (Å²) in [6, 6.07) is 16.1. The molecule has 5 heteroatoms. The number of methoxy groups -OCH3 is 2. The van der Waals surface area contributed by atoms with E-state index in [-0.39, 0.29) is 0 Å². The van der Waals surface area contributed by atoms with Crippen molar-refractivity contribution in [2.75, 3.05) is 38.8 Å². The van der Waals surface area contributed by atoms with Crippen molar-refractivity contribution < 1.29 is 9.47 Å². The Labute approximate surface area is 170 Å². The molecule has 2 aliphatic rings. The molecule has 1 saturated carbocycles. The fourth-order valence-electron chi connectivity index (χ4n) is 4.29. The number of hydrogen-bond acceptors (Lipinski definition) is 4. The van der Waals surface area contributed by atoms with Crippen LogP contribution in [0.25, 0.3) is 0 Å². The standard InChI is InChI=1S/C22H27BrN2O2/c1-15-14-24(21-13-19(21)16-4-7-18(26-2)8-5-16)10-11-25(15)17-6-9-20(23)22(12-17)27-3/h4-9,12,15,19,21H,10-11,13-14H2,1-3H3/t15?,19-,21+/m0/s1. The Morgan fingerprint density at radius 3 is 2.44 bits per heavy atom. The van der Waals surface area contributed by atoms with Gasteiger partial charge in [-0.25, -0.2) is 0 Å². The van der Waals surface area contributed by atoms with Crippen molar-refractivity contribution in [3.8, 4) is 11.5 Å². The third kappa shape index (κ3) is 3.81. The van der Waals surface area contributed by atoms with Crippen molar-refractivity contribution in [2.45, 2.75) is 31.3 Å². The van der Waals surface area contributed by atoms with Gasteiger partial charge in [-0.2, -0.15) is 0 Å². The molecule has 0 spiro atoms. The molecule has 0 bridgehead atoms. The topological polar surface area (TPSA) is 24.9 Å². The molecular formula is C22H27BrN2O2. The maximum atomic E-state index is 5.47. The molecule has 144 valence electrons. The van der Waals surface area contributed by atoms with Gasteiger partial charge in [0.2, 0.25) is 0 Å². The van der Waals surface area contributed by atoms with Crippen molar-refractivity contribution in [3.05, 3.63) is 52.5 Å². The summed E-state index contributed by atoms with van der Waals surface area (Å²) in [5, 5.41) is 0. The van der Waals surface area contributed by atoms with E-state index in [1.807, 2.05) is 0 Å². The molecule has 1 aliphatic heterocycles. The van der Waals surface area contributed by atoms with Crippen LogP contribution >= 0.6 is 15.9 Å². The SMILES string of the molecule is COc1ccc([C@@H]2C[C@H]2N2CCN(c3ccc(Br)c(OC)c3)C(C)C2)cc1. The molecule has 1 saturated heterocycles. The van der Waals surface area contributed by atoms with Gasteiger partial charge >= 0.3 is 0 Å². The molecule has 4 nitrogen and oxygen atoms in total. The lowest BCUT2D eigenvalue weighted by Crippen LogP contribution is -2.52. The van der Waals surface area contributed by atoms with Gasteiger partial charge in [-0.3, -0.25) is 4.90 Å². The summed E-state index contributed by atoms with van der Waals surface area (Å²) < 4.78 is 11.7. The Morgan fingerprint density at radius 2 is 1.78 bits per heavy atom. The normalized spacial score (nSPS) is 25.3. The first-order valence-electron chi connectivity index (χ1n) is 9.59. The van der Waals surface area contributed by atoms with Gasteiger partial charge in [0.25, 0.3) is 0 Å². The molecule has 3 atom stereocenters. The van der Waals surface area contributed by atoms with Crippen LogP contribution in [0.15, 0.2) is 46.9 Å². The fourth-order valence-corrected chi connectivity index (χ4v) is 4.70. The van der Waals surface area contributed by atoms with E-state index in [9.17, 15) is 0 Å². The maximum Gasteiger partial charge on any atom is 0.135 e. The Hall–Kier alpha value is -1.72. The molecule has 4 rings (SSSR count). The summed E-state index contributed by atoms with van der Waals surface area (Å²) in [7, 11) is 3.44. The monoisotopic (exact) mass is 430 g/mol. The van der Waals surface area contributed by atoms with E-state index in [1.165, 1.54) is 17.7 Å². The molecule has 0 radical (unpaired) electrons. The lowest BCUT2D eigenvalue weighted by atomic mass is 10.1. The van der Waals surface area contributed by atoms with Crippen LogP contribution in [0.1, 0.15) is 24.8 Å². The Balaban J connectivity index is 1.39. The largest absolute Gasteiger partial charge is 0.497 e. The van der Waals surface area contributed by atoms with E-state index in [0.717, 1.165) is 35.6 Å². The minimum absolute atomic E-state index is 0.488. The van der Waals surface area contributed by atoms with Crippen molar-refractivity contribution in [1.82, 2.24) is 4.90 Å². The maximum absolute atomic E-state index is 5.47. The first-order valence-corrected chi connectivity index (χ1v) is 10.4. The average Bonchev–Trinajstić information content (AvgIpc) is 3.49. The van der Waals surface area contributed by atoms with Gasteiger partial charge in [0.05, 0.1) is 18.7 Å². The summed E-state index contributed by atoms with van der Waals surface area (Å²) in [5.74, 6) is 2.49. The molecule has 0 aromatic heterocycles. The first kappa shape index (κ1) is 18.6. The molecular weight excluding hydrogens is 404 g/mol. The Kier molecular flexibility index (Phi) is 5.33. The number of anilines is 1. The minimum atomic E-state index is 0.488. The highest BCUT2D eigenvalue weighted by Gasteiger charge is 2.44. The number of nitrogens with zero attached hydrogens (tertiary/aromatic N) is 2. The second kappa shape index (κ2) is 7.72. The first-order chi connectivity index (χ1) is 13.1. The van der Waals surface area contributed by atoms with Gasteiger partial charge in [0.1, 0.15) is 11.5 Å². The molecule has 2 aromatic carbocycles. The van der Waals surface area contributed by atoms with Crippen LogP contribution in [-0.2, 0) is 0 Å². The second-order valence-corrected chi connectivity index (χ2v) is 8.39. The van der Waals surface area contributed by atoms with Crippen LogP contribution in [0.4, 0.5) is 5.69 Å². The van der Waals surface area contributed by atoms with Crippen LogP contribution in [0.2, 0.25) is 0 Å². The molecule has 0 N–H and O–H groups in total. The zero-order chi connectivity index (χ0) is 19.0. The zero-order valence-electron chi connectivity index (χ0n) is 16.2. The predicted molar refractivity (Wildman–Crippen MR) is 113 cm³/mol. The number of piperazine rings is 1. The zero-order valence-corrected chi connectivity index (χ0v) is 17.8. The molecule has 2 fully saturated rings. The molecule has 1 heterocycles. The smallest absolute Gasteiger partial charge is 0.135 e. The summed E-state index contributed by atoms with van der Waals surface area (Å²) >= 11 is 3.54. The average molecular weight is 431 g/mol. The van der Waals surface area contributed by atoms with Crippen molar-refractivity contribution >= 4 is 21.6 Å². The van der Waals surface area contributed by atoms with Gasteiger partial charge in [0.15, 0.2) is 0 Å². The highest BCUT2D eigenvalue weighted by atomic mass is 79.9. The van der Waals surface area contributed by atoms with Crippen molar-refractivity contribution in [3.63, 3.8) is 0 Å².